The van der Waals surface area contributed by atoms with Gasteiger partial charge < -0.3 is 4.90 Å². The number of non-ortho nitro benzene ring substituents is 1. The van der Waals surface area contributed by atoms with E-state index in [1.807, 2.05) is 0 Å². The number of rotatable bonds is 4. The second kappa shape index (κ2) is 5.06. The van der Waals surface area contributed by atoms with Gasteiger partial charge in [-0.3, -0.25) is 14.9 Å². The Labute approximate surface area is 93.1 Å². The van der Waals surface area contributed by atoms with Crippen LogP contribution in [0.15, 0.2) is 36.5 Å². The van der Waals surface area contributed by atoms with E-state index in [0.717, 1.165) is 0 Å². The molecule has 0 N–H and O–H groups in total. The van der Waals surface area contributed by atoms with Crippen LogP contribution >= 0.6 is 0 Å². The van der Waals surface area contributed by atoms with Gasteiger partial charge in [0.15, 0.2) is 5.78 Å². The molecule has 0 aliphatic rings. The highest BCUT2D eigenvalue weighted by Crippen LogP contribution is 2.13. The van der Waals surface area contributed by atoms with Crippen LogP contribution in [0, 0.1) is 10.1 Å². The van der Waals surface area contributed by atoms with Crippen molar-refractivity contribution in [1.29, 1.82) is 0 Å². The molecule has 0 radical (unpaired) electrons. The van der Waals surface area contributed by atoms with Crippen LogP contribution in [0.25, 0.3) is 0 Å². The zero-order chi connectivity index (χ0) is 12.1. The monoisotopic (exact) mass is 220 g/mol. The summed E-state index contributed by atoms with van der Waals surface area (Å²) in [5.74, 6) is -0.252. The number of carbonyl (C=O) groups is 1. The molecule has 0 atom stereocenters. The van der Waals surface area contributed by atoms with Crippen molar-refractivity contribution < 1.29 is 9.72 Å². The van der Waals surface area contributed by atoms with Crippen molar-refractivity contribution in [2.24, 2.45) is 0 Å². The first kappa shape index (κ1) is 11.9. The van der Waals surface area contributed by atoms with Crippen molar-refractivity contribution in [3.63, 3.8) is 0 Å². The maximum Gasteiger partial charge on any atom is 0.270 e. The van der Waals surface area contributed by atoms with E-state index >= 15 is 0 Å². The first-order valence-corrected chi connectivity index (χ1v) is 4.64. The van der Waals surface area contributed by atoms with Crippen LogP contribution in [0.2, 0.25) is 0 Å². The molecule has 0 aliphatic carbocycles. The Balaban J connectivity index is 2.92. The van der Waals surface area contributed by atoms with Crippen LogP contribution in [-0.4, -0.2) is 29.7 Å². The van der Waals surface area contributed by atoms with Gasteiger partial charge in [-0.1, -0.05) is 12.1 Å². The fraction of sp³-hybridized carbons (Fsp3) is 0.182. The summed E-state index contributed by atoms with van der Waals surface area (Å²) in [6.07, 6.45) is 2.97. The van der Waals surface area contributed by atoms with E-state index in [-0.39, 0.29) is 11.5 Å². The van der Waals surface area contributed by atoms with E-state index in [1.54, 1.807) is 31.3 Å². The number of nitrogens with zero attached hydrogens (tertiary/aromatic N) is 2. The SMILES string of the molecule is CN(C)/C=C\C(=O)c1cccc([N+](=O)[O-])c1. The third-order valence-electron chi connectivity index (χ3n) is 1.87. The zero-order valence-corrected chi connectivity index (χ0v) is 9.08. The average molecular weight is 220 g/mol. The Morgan fingerprint density at radius 2 is 2.12 bits per heavy atom. The maximum absolute atomic E-state index is 11.6. The number of ketones is 1. The van der Waals surface area contributed by atoms with Gasteiger partial charge >= 0.3 is 0 Å². The third kappa shape index (κ3) is 3.20. The molecular weight excluding hydrogens is 208 g/mol. The van der Waals surface area contributed by atoms with E-state index in [2.05, 4.69) is 0 Å². The molecule has 0 heterocycles. The molecule has 0 aliphatic heterocycles. The number of nitro groups is 1. The number of allylic oxidation sites excluding steroid dienone is 1. The molecule has 0 saturated heterocycles. The molecule has 84 valence electrons. The lowest BCUT2D eigenvalue weighted by Gasteiger charge is -2.02. The summed E-state index contributed by atoms with van der Waals surface area (Å²) in [7, 11) is 3.58. The zero-order valence-electron chi connectivity index (χ0n) is 9.08. The normalized spacial score (nSPS) is 10.4. The first-order valence-electron chi connectivity index (χ1n) is 4.64. The summed E-state index contributed by atoms with van der Waals surface area (Å²) in [4.78, 5) is 23.3. The Morgan fingerprint density at radius 3 is 2.69 bits per heavy atom. The van der Waals surface area contributed by atoms with Gasteiger partial charge in [0, 0.05) is 44.1 Å². The number of hydrogen-bond donors (Lipinski definition) is 0. The highest BCUT2D eigenvalue weighted by Gasteiger charge is 2.08. The predicted molar refractivity (Wildman–Crippen MR) is 60.3 cm³/mol. The van der Waals surface area contributed by atoms with Crippen molar-refractivity contribution in [2.75, 3.05) is 14.1 Å². The number of hydrogen-bond acceptors (Lipinski definition) is 4. The fourth-order valence-corrected chi connectivity index (χ4v) is 1.09. The maximum atomic E-state index is 11.6. The Bertz CT molecular complexity index is 439. The summed E-state index contributed by atoms with van der Waals surface area (Å²) >= 11 is 0. The predicted octanol–water partition coefficient (Wildman–Crippen LogP) is 1.85. The molecule has 5 nitrogen and oxygen atoms in total. The topological polar surface area (TPSA) is 63.5 Å². The quantitative estimate of drug-likeness (QED) is 0.336. The Hall–Kier alpha value is -2.17. The van der Waals surface area contributed by atoms with Gasteiger partial charge in [-0.15, -0.1) is 0 Å². The molecule has 1 aromatic rings. The average Bonchev–Trinajstić information content (AvgIpc) is 2.26. The minimum Gasteiger partial charge on any atom is -0.383 e. The number of benzene rings is 1. The lowest BCUT2D eigenvalue weighted by atomic mass is 10.1. The molecule has 1 aromatic carbocycles. The van der Waals surface area contributed by atoms with Crippen molar-refractivity contribution >= 4 is 11.5 Å². The standard InChI is InChI=1S/C11H12N2O3/c1-12(2)7-6-11(14)9-4-3-5-10(8-9)13(15)16/h3-8H,1-2H3/b7-6-. The van der Waals surface area contributed by atoms with Gasteiger partial charge in [0.1, 0.15) is 0 Å². The largest absolute Gasteiger partial charge is 0.383 e. The Kier molecular flexibility index (Phi) is 3.77. The van der Waals surface area contributed by atoms with Crippen LogP contribution < -0.4 is 0 Å². The second-order valence-electron chi connectivity index (χ2n) is 3.45. The smallest absolute Gasteiger partial charge is 0.270 e. The van der Waals surface area contributed by atoms with Crippen LogP contribution in [0.1, 0.15) is 10.4 Å². The minimum atomic E-state index is -0.521. The van der Waals surface area contributed by atoms with Gasteiger partial charge in [0.2, 0.25) is 0 Å². The molecule has 1 rings (SSSR count). The molecule has 0 bridgehead atoms. The summed E-state index contributed by atoms with van der Waals surface area (Å²) < 4.78 is 0. The lowest BCUT2D eigenvalue weighted by Crippen LogP contribution is -2.03. The van der Waals surface area contributed by atoms with Crippen molar-refractivity contribution in [2.45, 2.75) is 0 Å². The van der Waals surface area contributed by atoms with E-state index in [9.17, 15) is 14.9 Å². The van der Waals surface area contributed by atoms with E-state index in [0.29, 0.717) is 5.56 Å². The summed E-state index contributed by atoms with van der Waals surface area (Å²) in [5, 5.41) is 10.5. The molecule has 5 heteroatoms. The summed E-state index contributed by atoms with van der Waals surface area (Å²) in [5.41, 5.74) is 0.233. The number of nitro benzene ring substituents is 1. The van der Waals surface area contributed by atoms with E-state index in [1.165, 1.54) is 24.3 Å². The van der Waals surface area contributed by atoms with Gasteiger partial charge in [-0.25, -0.2) is 0 Å². The minimum absolute atomic E-state index is 0.0795. The van der Waals surface area contributed by atoms with Gasteiger partial charge in [0.25, 0.3) is 5.69 Å². The summed E-state index contributed by atoms with van der Waals surface area (Å²) in [6, 6.07) is 5.67. The van der Waals surface area contributed by atoms with Crippen LogP contribution in [-0.2, 0) is 0 Å². The molecule has 0 fully saturated rings. The van der Waals surface area contributed by atoms with Crippen LogP contribution in [0.4, 0.5) is 5.69 Å². The first-order chi connectivity index (χ1) is 7.50. The van der Waals surface area contributed by atoms with Crippen LogP contribution in [0.5, 0.6) is 0 Å². The molecule has 0 amide bonds. The van der Waals surface area contributed by atoms with Crippen LogP contribution in [0.3, 0.4) is 0 Å². The Morgan fingerprint density at radius 1 is 1.44 bits per heavy atom. The molecule has 0 unspecified atom stereocenters. The number of carbonyl (C=O) groups excluding carboxylic acids is 1. The highest BCUT2D eigenvalue weighted by atomic mass is 16.6. The molecule has 0 saturated carbocycles. The molecule has 0 spiro atoms. The van der Waals surface area contributed by atoms with Gasteiger partial charge in [0.05, 0.1) is 4.92 Å². The fourth-order valence-electron chi connectivity index (χ4n) is 1.09. The highest BCUT2D eigenvalue weighted by molar-refractivity contribution is 6.04. The second-order valence-corrected chi connectivity index (χ2v) is 3.45. The molecule has 0 aromatic heterocycles. The van der Waals surface area contributed by atoms with Crippen molar-refractivity contribution in [1.82, 2.24) is 4.90 Å². The van der Waals surface area contributed by atoms with E-state index in [4.69, 9.17) is 0 Å². The molecule has 16 heavy (non-hydrogen) atoms. The third-order valence-corrected chi connectivity index (χ3v) is 1.87. The van der Waals surface area contributed by atoms with E-state index < -0.39 is 4.92 Å². The summed E-state index contributed by atoms with van der Waals surface area (Å²) in [6.45, 7) is 0. The van der Waals surface area contributed by atoms with Gasteiger partial charge in [-0.05, 0) is 0 Å². The van der Waals surface area contributed by atoms with Gasteiger partial charge in [-0.2, -0.15) is 0 Å². The van der Waals surface area contributed by atoms with Crippen molar-refractivity contribution in [3.05, 3.63) is 52.2 Å². The molecular formula is C11H12N2O3. The lowest BCUT2D eigenvalue weighted by molar-refractivity contribution is -0.384. The van der Waals surface area contributed by atoms with Crippen molar-refractivity contribution in [3.8, 4) is 0 Å².